The molecule has 4 aromatic rings. The molecule has 0 atom stereocenters. The van der Waals surface area contributed by atoms with E-state index in [-0.39, 0.29) is 6.61 Å². The van der Waals surface area contributed by atoms with Crippen LogP contribution in [-0.4, -0.2) is 32.4 Å². The molecule has 0 N–H and O–H groups in total. The molecule has 0 bridgehead atoms. The lowest BCUT2D eigenvalue weighted by Gasteiger charge is -2.37. The van der Waals surface area contributed by atoms with Crippen LogP contribution >= 0.6 is 0 Å². The van der Waals surface area contributed by atoms with Crippen molar-refractivity contribution in [2.24, 2.45) is 0 Å². The first-order chi connectivity index (χ1) is 18.1. The van der Waals surface area contributed by atoms with Crippen molar-refractivity contribution >= 4 is 0 Å². The molecule has 4 rings (SSSR count). The molecule has 4 aromatic carbocycles. The Morgan fingerprint density at radius 3 is 1.43 bits per heavy atom. The molecular weight excluding hydrogens is 470 g/mol. The zero-order valence-corrected chi connectivity index (χ0v) is 20.8. The van der Waals surface area contributed by atoms with Crippen LogP contribution in [0.2, 0.25) is 0 Å². The van der Waals surface area contributed by atoms with Crippen LogP contribution in [-0.2, 0) is 26.4 Å². The van der Waals surface area contributed by atoms with Crippen LogP contribution in [0.1, 0.15) is 28.7 Å². The highest BCUT2D eigenvalue weighted by molar-refractivity contribution is 5.47. The lowest BCUT2D eigenvalue weighted by Crippen LogP contribution is -2.39. The van der Waals surface area contributed by atoms with Crippen molar-refractivity contribution in [2.75, 3.05) is 26.4 Å². The van der Waals surface area contributed by atoms with Gasteiger partial charge >= 0.3 is 0 Å². The molecule has 0 saturated heterocycles. The highest BCUT2D eigenvalue weighted by Gasteiger charge is 2.41. The molecule has 192 valence electrons. The summed E-state index contributed by atoms with van der Waals surface area (Å²) in [6.07, 6.45) is 0.533. The minimum Gasteiger partial charge on any atom is -0.377 e. The summed E-state index contributed by atoms with van der Waals surface area (Å²) < 4.78 is 47.2. The van der Waals surface area contributed by atoms with Gasteiger partial charge in [0, 0.05) is 13.2 Å². The smallest absolute Gasteiger partial charge is 0.293 e. The molecular formula is C32H32F2O3. The SMILES string of the molecule is FC(F)(COCCCOCc1ccccc1)COC(c1ccccc1)(c1ccccc1)c1ccccc1. The first kappa shape index (κ1) is 26.7. The van der Waals surface area contributed by atoms with Gasteiger partial charge in [0.2, 0.25) is 0 Å². The third-order valence-electron chi connectivity index (χ3n) is 6.04. The number of halogens is 2. The Hall–Kier alpha value is -3.38. The summed E-state index contributed by atoms with van der Waals surface area (Å²) in [5.41, 5.74) is 2.21. The molecule has 0 aliphatic heterocycles. The van der Waals surface area contributed by atoms with Crippen molar-refractivity contribution in [3.05, 3.63) is 144 Å². The van der Waals surface area contributed by atoms with E-state index in [1.165, 1.54) is 0 Å². The van der Waals surface area contributed by atoms with Gasteiger partial charge in [0.15, 0.2) is 0 Å². The van der Waals surface area contributed by atoms with E-state index in [2.05, 4.69) is 0 Å². The second-order valence-corrected chi connectivity index (χ2v) is 8.87. The molecule has 0 saturated carbocycles. The van der Waals surface area contributed by atoms with Gasteiger partial charge < -0.3 is 14.2 Å². The molecule has 0 heterocycles. The van der Waals surface area contributed by atoms with E-state index in [1.807, 2.05) is 121 Å². The van der Waals surface area contributed by atoms with Gasteiger partial charge in [0.05, 0.1) is 6.61 Å². The molecule has 0 aliphatic rings. The fraction of sp³-hybridized carbons (Fsp3) is 0.250. The summed E-state index contributed by atoms with van der Waals surface area (Å²) in [7, 11) is 0. The monoisotopic (exact) mass is 502 g/mol. The Bertz CT molecular complexity index is 1070. The first-order valence-corrected chi connectivity index (χ1v) is 12.5. The fourth-order valence-electron chi connectivity index (χ4n) is 4.27. The van der Waals surface area contributed by atoms with Gasteiger partial charge in [0.1, 0.15) is 18.8 Å². The fourth-order valence-corrected chi connectivity index (χ4v) is 4.27. The average Bonchev–Trinajstić information content (AvgIpc) is 2.95. The largest absolute Gasteiger partial charge is 0.377 e. The maximum atomic E-state index is 15.0. The number of hydrogen-bond acceptors (Lipinski definition) is 3. The second kappa shape index (κ2) is 13.2. The Morgan fingerprint density at radius 2 is 0.946 bits per heavy atom. The molecule has 0 unspecified atom stereocenters. The zero-order valence-electron chi connectivity index (χ0n) is 20.8. The first-order valence-electron chi connectivity index (χ1n) is 12.5. The molecule has 0 aliphatic carbocycles. The lowest BCUT2D eigenvalue weighted by molar-refractivity contribution is -0.149. The number of alkyl halides is 2. The van der Waals surface area contributed by atoms with Crippen molar-refractivity contribution in [1.82, 2.24) is 0 Å². The number of rotatable bonds is 14. The quantitative estimate of drug-likeness (QED) is 0.134. The molecule has 0 aromatic heterocycles. The molecule has 5 heteroatoms. The average molecular weight is 503 g/mol. The summed E-state index contributed by atoms with van der Waals surface area (Å²) in [6, 6.07) is 38.3. The third-order valence-corrected chi connectivity index (χ3v) is 6.04. The molecule has 0 amide bonds. The summed E-state index contributed by atoms with van der Waals surface area (Å²) >= 11 is 0. The van der Waals surface area contributed by atoms with E-state index in [0.717, 1.165) is 22.3 Å². The third kappa shape index (κ3) is 7.32. The van der Waals surface area contributed by atoms with Crippen molar-refractivity contribution < 1.29 is 23.0 Å². The topological polar surface area (TPSA) is 27.7 Å². The van der Waals surface area contributed by atoms with Crippen LogP contribution in [0.3, 0.4) is 0 Å². The summed E-state index contributed by atoms with van der Waals surface area (Å²) in [5.74, 6) is -3.17. The van der Waals surface area contributed by atoms with Crippen LogP contribution in [0.4, 0.5) is 8.78 Å². The normalized spacial score (nSPS) is 11.9. The van der Waals surface area contributed by atoms with Crippen molar-refractivity contribution in [1.29, 1.82) is 0 Å². The van der Waals surface area contributed by atoms with E-state index in [9.17, 15) is 0 Å². The lowest BCUT2D eigenvalue weighted by atomic mass is 9.80. The maximum Gasteiger partial charge on any atom is 0.293 e. The number of hydrogen-bond donors (Lipinski definition) is 0. The highest BCUT2D eigenvalue weighted by atomic mass is 19.3. The van der Waals surface area contributed by atoms with Gasteiger partial charge in [-0.25, -0.2) is 8.78 Å². The van der Waals surface area contributed by atoms with Crippen LogP contribution in [0.5, 0.6) is 0 Å². The van der Waals surface area contributed by atoms with Crippen LogP contribution in [0.15, 0.2) is 121 Å². The Balaban J connectivity index is 1.40. The predicted octanol–water partition coefficient (Wildman–Crippen LogP) is 7.25. The highest BCUT2D eigenvalue weighted by Crippen LogP contribution is 2.41. The Morgan fingerprint density at radius 1 is 0.514 bits per heavy atom. The van der Waals surface area contributed by atoms with Crippen LogP contribution in [0.25, 0.3) is 0 Å². The molecule has 0 fully saturated rings. The van der Waals surface area contributed by atoms with E-state index >= 15 is 8.78 Å². The van der Waals surface area contributed by atoms with E-state index < -0.39 is 24.7 Å². The van der Waals surface area contributed by atoms with Gasteiger partial charge in [-0.05, 0) is 28.7 Å². The Kier molecular flexibility index (Phi) is 9.55. The second-order valence-electron chi connectivity index (χ2n) is 8.87. The van der Waals surface area contributed by atoms with Gasteiger partial charge in [-0.2, -0.15) is 0 Å². The summed E-state index contributed by atoms with van der Waals surface area (Å²) in [5, 5.41) is 0. The number of benzene rings is 4. The van der Waals surface area contributed by atoms with Gasteiger partial charge in [0.25, 0.3) is 5.92 Å². The van der Waals surface area contributed by atoms with E-state index in [1.54, 1.807) is 0 Å². The molecule has 37 heavy (non-hydrogen) atoms. The molecule has 3 nitrogen and oxygen atoms in total. The van der Waals surface area contributed by atoms with E-state index in [0.29, 0.717) is 19.6 Å². The van der Waals surface area contributed by atoms with Crippen molar-refractivity contribution in [2.45, 2.75) is 24.6 Å². The van der Waals surface area contributed by atoms with Gasteiger partial charge in [-0.15, -0.1) is 0 Å². The van der Waals surface area contributed by atoms with Gasteiger partial charge in [-0.3, -0.25) is 0 Å². The zero-order chi connectivity index (χ0) is 25.8. The Labute approximate surface area is 217 Å². The maximum absolute atomic E-state index is 15.0. The van der Waals surface area contributed by atoms with Crippen LogP contribution in [0, 0.1) is 0 Å². The van der Waals surface area contributed by atoms with Crippen molar-refractivity contribution in [3.63, 3.8) is 0 Å². The van der Waals surface area contributed by atoms with Gasteiger partial charge in [-0.1, -0.05) is 121 Å². The number of ether oxygens (including phenoxy) is 3. The van der Waals surface area contributed by atoms with Crippen LogP contribution < -0.4 is 0 Å². The van der Waals surface area contributed by atoms with Crippen molar-refractivity contribution in [3.8, 4) is 0 Å². The minimum absolute atomic E-state index is 0.186. The molecule has 0 spiro atoms. The summed E-state index contributed by atoms with van der Waals surface area (Å²) in [6.45, 7) is -0.399. The summed E-state index contributed by atoms with van der Waals surface area (Å²) in [4.78, 5) is 0. The van der Waals surface area contributed by atoms with E-state index in [4.69, 9.17) is 14.2 Å². The molecule has 0 radical (unpaired) electrons. The predicted molar refractivity (Wildman–Crippen MR) is 142 cm³/mol. The standard InChI is InChI=1S/C32H32F2O3/c33-31(34,25-36-23-13-22-35-24-27-14-5-1-6-15-27)26-37-32(28-16-7-2-8-17-28,29-18-9-3-10-19-29)30-20-11-4-12-21-30/h1-12,14-21H,13,22-26H2. The minimum atomic E-state index is -3.17.